The van der Waals surface area contributed by atoms with Gasteiger partial charge in [0.15, 0.2) is 0 Å². The van der Waals surface area contributed by atoms with Crippen molar-refractivity contribution in [3.63, 3.8) is 0 Å². The van der Waals surface area contributed by atoms with Crippen molar-refractivity contribution in [1.29, 1.82) is 0 Å². The molecule has 0 saturated carbocycles. The molecule has 0 bridgehead atoms. The van der Waals surface area contributed by atoms with E-state index in [2.05, 4.69) is 31.6 Å². The molecule has 7 heteroatoms. The van der Waals surface area contributed by atoms with Crippen molar-refractivity contribution in [3.8, 4) is 0 Å². The molecule has 2 N–H and O–H groups in total. The molecule has 1 aliphatic rings. The maximum Gasteiger partial charge on any atom is 0.316 e. The number of guanidine groups is 1. The maximum atomic E-state index is 10.8. The first-order valence-electron chi connectivity index (χ1n) is 4.06. The zero-order valence-corrected chi connectivity index (χ0v) is 9.81. The van der Waals surface area contributed by atoms with Gasteiger partial charge in [-0.3, -0.25) is 20.2 Å². The lowest BCUT2D eigenvalue weighted by molar-refractivity contribution is -0.135. The van der Waals surface area contributed by atoms with Gasteiger partial charge in [0.05, 0.1) is 10.3 Å². The van der Waals surface area contributed by atoms with Gasteiger partial charge in [0.25, 0.3) is 0 Å². The highest BCUT2D eigenvalue weighted by Gasteiger charge is 2.24. The van der Waals surface area contributed by atoms with Gasteiger partial charge in [-0.05, 0) is 28.1 Å². The summed E-state index contributed by atoms with van der Waals surface area (Å²) in [6.45, 7) is 0.437. The molecule has 2 heterocycles. The van der Waals surface area contributed by atoms with Crippen molar-refractivity contribution in [3.05, 3.63) is 20.8 Å². The minimum absolute atomic E-state index is 0.217. The normalized spacial score (nSPS) is 15.1. The molecule has 1 aromatic heterocycles. The van der Waals surface area contributed by atoms with Gasteiger partial charge in [0.1, 0.15) is 0 Å². The van der Waals surface area contributed by atoms with Crippen LogP contribution in [0.1, 0.15) is 4.88 Å². The summed E-state index contributed by atoms with van der Waals surface area (Å²) in [4.78, 5) is 26.7. The molecular weight excluding hydrogens is 282 g/mol. The molecular formula is C8H6BrN3O2S. The summed E-state index contributed by atoms with van der Waals surface area (Å²) in [5.74, 6) is -1.11. The number of aliphatic imine (C=N–C) groups is 1. The monoisotopic (exact) mass is 287 g/mol. The van der Waals surface area contributed by atoms with Crippen LogP contribution in [0.5, 0.6) is 0 Å². The first-order chi connectivity index (χ1) is 7.15. The summed E-state index contributed by atoms with van der Waals surface area (Å²) < 4.78 is 1.03. The smallest absolute Gasteiger partial charge is 0.288 e. The minimum atomic E-state index is -0.666. The number of hydrogen-bond donors (Lipinski definition) is 2. The van der Waals surface area contributed by atoms with Crippen LogP contribution >= 0.6 is 27.3 Å². The average molecular weight is 288 g/mol. The Balaban J connectivity index is 2.01. The lowest BCUT2D eigenvalue weighted by Crippen LogP contribution is -2.25. The summed E-state index contributed by atoms with van der Waals surface area (Å²) in [5, 5.41) is 4.65. The molecule has 1 aliphatic heterocycles. The summed E-state index contributed by atoms with van der Waals surface area (Å²) in [6.07, 6.45) is 0. The van der Waals surface area contributed by atoms with E-state index in [1.54, 1.807) is 11.3 Å². The van der Waals surface area contributed by atoms with Gasteiger partial charge < -0.3 is 0 Å². The molecule has 0 spiro atoms. The minimum Gasteiger partial charge on any atom is -0.288 e. The van der Waals surface area contributed by atoms with Crippen LogP contribution in [0.3, 0.4) is 0 Å². The number of carbonyl (C=O) groups excluding carboxylic acids is 2. The van der Waals surface area contributed by atoms with Gasteiger partial charge in [-0.25, -0.2) is 4.99 Å². The van der Waals surface area contributed by atoms with E-state index >= 15 is 0 Å². The molecule has 0 aliphatic carbocycles. The van der Waals surface area contributed by atoms with Crippen molar-refractivity contribution >= 4 is 45.0 Å². The lowest BCUT2D eigenvalue weighted by atomic mass is 10.5. The quantitative estimate of drug-likeness (QED) is 0.783. The van der Waals surface area contributed by atoms with Gasteiger partial charge in [0, 0.05) is 4.88 Å². The highest BCUT2D eigenvalue weighted by Crippen LogP contribution is 2.22. The second kappa shape index (κ2) is 4.11. The summed E-state index contributed by atoms with van der Waals surface area (Å²) in [5.41, 5.74) is 0. The van der Waals surface area contributed by atoms with E-state index in [4.69, 9.17) is 0 Å². The SMILES string of the molecule is O=C1NC(=NCc2ccc(Br)s2)NC1=O. The van der Waals surface area contributed by atoms with Crippen molar-refractivity contribution in [2.45, 2.75) is 6.54 Å². The summed E-state index contributed by atoms with van der Waals surface area (Å²) in [6, 6.07) is 3.85. The number of rotatable bonds is 2. The first kappa shape index (κ1) is 10.3. The maximum absolute atomic E-state index is 10.8. The van der Waals surface area contributed by atoms with Crippen LogP contribution in [0, 0.1) is 0 Å². The Bertz CT molecular complexity index is 436. The molecule has 15 heavy (non-hydrogen) atoms. The lowest BCUT2D eigenvalue weighted by Gasteiger charge is -1.94. The molecule has 0 aromatic carbocycles. The van der Waals surface area contributed by atoms with Crippen LogP contribution in [0.25, 0.3) is 0 Å². The van der Waals surface area contributed by atoms with Crippen LogP contribution in [0.4, 0.5) is 0 Å². The van der Waals surface area contributed by atoms with E-state index < -0.39 is 11.8 Å². The van der Waals surface area contributed by atoms with Gasteiger partial charge in [-0.15, -0.1) is 11.3 Å². The van der Waals surface area contributed by atoms with E-state index in [9.17, 15) is 9.59 Å². The molecule has 0 atom stereocenters. The second-order valence-corrected chi connectivity index (χ2v) is 5.33. The van der Waals surface area contributed by atoms with E-state index in [0.29, 0.717) is 6.54 Å². The van der Waals surface area contributed by atoms with E-state index in [-0.39, 0.29) is 5.96 Å². The fraction of sp³-hybridized carbons (Fsp3) is 0.125. The number of hydrogen-bond acceptors (Lipinski definition) is 4. The molecule has 1 saturated heterocycles. The molecule has 1 aromatic rings. The van der Waals surface area contributed by atoms with Crippen LogP contribution in [-0.2, 0) is 16.1 Å². The fourth-order valence-corrected chi connectivity index (χ4v) is 2.44. The zero-order chi connectivity index (χ0) is 10.8. The topological polar surface area (TPSA) is 70.6 Å². The number of nitrogens with one attached hydrogen (secondary N) is 2. The number of halogens is 1. The predicted octanol–water partition coefficient (Wildman–Crippen LogP) is 0.613. The average Bonchev–Trinajstić information content (AvgIpc) is 2.72. The Hall–Kier alpha value is -1.21. The largest absolute Gasteiger partial charge is 0.316 e. The van der Waals surface area contributed by atoms with Crippen molar-refractivity contribution in [1.82, 2.24) is 10.6 Å². The molecule has 78 valence electrons. The number of nitrogens with zero attached hydrogens (tertiary/aromatic N) is 1. The number of thiophene rings is 1. The molecule has 5 nitrogen and oxygen atoms in total. The third-order valence-corrected chi connectivity index (χ3v) is 3.30. The van der Waals surface area contributed by atoms with Crippen LogP contribution in [-0.4, -0.2) is 17.8 Å². The number of carbonyl (C=O) groups is 2. The molecule has 1 fully saturated rings. The second-order valence-electron chi connectivity index (χ2n) is 2.78. The van der Waals surface area contributed by atoms with Crippen molar-refractivity contribution in [2.75, 3.05) is 0 Å². The molecule has 2 rings (SSSR count). The molecule has 0 unspecified atom stereocenters. The Morgan fingerprint density at radius 2 is 1.93 bits per heavy atom. The third kappa shape index (κ3) is 2.42. The highest BCUT2D eigenvalue weighted by atomic mass is 79.9. The van der Waals surface area contributed by atoms with Gasteiger partial charge >= 0.3 is 11.8 Å². The zero-order valence-electron chi connectivity index (χ0n) is 7.41. The Kier molecular flexibility index (Phi) is 2.83. The standard InChI is InChI=1S/C8H6BrN3O2S/c9-5-2-1-4(15-5)3-10-8-11-6(13)7(14)12-8/h1-2H,3H2,(H2,10,11,12,13,14). The Labute approximate surface area is 97.7 Å². The molecule has 2 amide bonds. The number of amides is 2. The van der Waals surface area contributed by atoms with Crippen molar-refractivity contribution < 1.29 is 9.59 Å². The van der Waals surface area contributed by atoms with E-state index in [0.717, 1.165) is 8.66 Å². The van der Waals surface area contributed by atoms with Crippen LogP contribution in [0.2, 0.25) is 0 Å². The van der Waals surface area contributed by atoms with Gasteiger partial charge in [0.2, 0.25) is 5.96 Å². The van der Waals surface area contributed by atoms with Crippen LogP contribution in [0.15, 0.2) is 20.9 Å². The Morgan fingerprint density at radius 3 is 2.47 bits per heavy atom. The van der Waals surface area contributed by atoms with Crippen molar-refractivity contribution in [2.24, 2.45) is 4.99 Å². The van der Waals surface area contributed by atoms with Gasteiger partial charge in [-0.2, -0.15) is 0 Å². The Morgan fingerprint density at radius 1 is 1.27 bits per heavy atom. The van der Waals surface area contributed by atoms with Gasteiger partial charge in [-0.1, -0.05) is 0 Å². The fourth-order valence-electron chi connectivity index (χ4n) is 1.03. The van der Waals surface area contributed by atoms with Crippen LogP contribution < -0.4 is 10.6 Å². The predicted molar refractivity (Wildman–Crippen MR) is 59.4 cm³/mol. The highest BCUT2D eigenvalue weighted by molar-refractivity contribution is 9.11. The summed E-state index contributed by atoms with van der Waals surface area (Å²) in [7, 11) is 0. The third-order valence-electron chi connectivity index (χ3n) is 1.69. The molecule has 0 radical (unpaired) electrons. The first-order valence-corrected chi connectivity index (χ1v) is 5.67. The summed E-state index contributed by atoms with van der Waals surface area (Å²) >= 11 is 4.89. The van der Waals surface area contributed by atoms with E-state index in [1.165, 1.54) is 0 Å². The van der Waals surface area contributed by atoms with E-state index in [1.807, 2.05) is 12.1 Å².